The molecule has 1 amide bonds. The zero-order valence-electron chi connectivity index (χ0n) is 12.0. The summed E-state index contributed by atoms with van der Waals surface area (Å²) < 4.78 is 0. The van der Waals surface area contributed by atoms with Crippen molar-refractivity contribution < 1.29 is 20.0 Å². The van der Waals surface area contributed by atoms with Crippen LogP contribution in [-0.4, -0.2) is 35.9 Å². The molecule has 0 spiro atoms. The van der Waals surface area contributed by atoms with Gasteiger partial charge in [0, 0.05) is 37.0 Å². The molecule has 1 aromatic rings. The number of nitrogens with zero attached hydrogens (tertiary/aromatic N) is 1. The number of amides is 1. The van der Waals surface area contributed by atoms with Gasteiger partial charge in [-0.25, -0.2) is 0 Å². The number of quaternary nitrogens is 1. The van der Waals surface area contributed by atoms with Crippen LogP contribution in [0.15, 0.2) is 24.3 Å². The zero-order chi connectivity index (χ0) is 14.8. The number of benzene rings is 1. The molecule has 112 valence electrons. The van der Waals surface area contributed by atoms with Gasteiger partial charge < -0.3 is 20.1 Å². The molecule has 5 heteroatoms. The average molecular weight is 288 g/mol. The van der Waals surface area contributed by atoms with Crippen molar-refractivity contribution in [3.8, 4) is 0 Å². The van der Waals surface area contributed by atoms with Gasteiger partial charge in [-0.3, -0.25) is 4.79 Å². The van der Waals surface area contributed by atoms with Gasteiger partial charge in [0.2, 0.25) is 0 Å². The highest BCUT2D eigenvalue weighted by Crippen LogP contribution is 2.19. The Morgan fingerprint density at radius 3 is 2.48 bits per heavy atom. The number of nitrogens with two attached hydrogens (primary N) is 1. The number of rotatable bonds is 2. The Balaban J connectivity index is 1.61. The topological polar surface area (TPSA) is 77.0 Å². The van der Waals surface area contributed by atoms with E-state index in [0.29, 0.717) is 25.9 Å². The van der Waals surface area contributed by atoms with Gasteiger partial charge in [-0.05, 0) is 18.4 Å². The number of fused-ring (bicyclic) bond motifs is 1. The SMILES string of the molecule is O=C([O-])C1CCN(C(=O)[C@@H]2Cc3ccccc3C[NH2+]2)CC1. The molecular weight excluding hydrogens is 268 g/mol. The first-order valence-electron chi connectivity index (χ1n) is 7.55. The van der Waals surface area contributed by atoms with Crippen LogP contribution >= 0.6 is 0 Å². The van der Waals surface area contributed by atoms with E-state index >= 15 is 0 Å². The molecule has 5 nitrogen and oxygen atoms in total. The van der Waals surface area contributed by atoms with Crippen LogP contribution in [0.2, 0.25) is 0 Å². The smallest absolute Gasteiger partial charge is 0.281 e. The van der Waals surface area contributed by atoms with Gasteiger partial charge in [-0.1, -0.05) is 24.3 Å². The van der Waals surface area contributed by atoms with Crippen LogP contribution in [0.1, 0.15) is 24.0 Å². The minimum absolute atomic E-state index is 0.0700. The van der Waals surface area contributed by atoms with Crippen molar-refractivity contribution in [1.29, 1.82) is 0 Å². The third kappa shape index (κ3) is 2.93. The fraction of sp³-hybridized carbons (Fsp3) is 0.500. The maximum Gasteiger partial charge on any atom is 0.281 e. The largest absolute Gasteiger partial charge is 0.550 e. The van der Waals surface area contributed by atoms with E-state index in [4.69, 9.17) is 0 Å². The van der Waals surface area contributed by atoms with Crippen LogP contribution in [-0.2, 0) is 22.6 Å². The summed E-state index contributed by atoms with van der Waals surface area (Å²) in [5.41, 5.74) is 2.56. The molecule has 2 aliphatic rings. The first-order valence-corrected chi connectivity index (χ1v) is 7.55. The highest BCUT2D eigenvalue weighted by molar-refractivity contribution is 5.81. The first kappa shape index (κ1) is 14.1. The van der Waals surface area contributed by atoms with Crippen molar-refractivity contribution in [3.63, 3.8) is 0 Å². The standard InChI is InChI=1S/C16H20N2O3/c19-15(18-7-5-11(6-8-18)16(20)21)14-9-12-3-1-2-4-13(12)10-17-14/h1-4,11,14,17H,5-10H2,(H,20,21)/t14-/m0/s1. The normalized spacial score (nSPS) is 22.7. The summed E-state index contributed by atoms with van der Waals surface area (Å²) in [6, 6.07) is 8.17. The molecule has 1 saturated heterocycles. The van der Waals surface area contributed by atoms with E-state index in [2.05, 4.69) is 17.4 Å². The van der Waals surface area contributed by atoms with Gasteiger partial charge in [0.05, 0.1) is 0 Å². The summed E-state index contributed by atoms with van der Waals surface area (Å²) in [5, 5.41) is 12.9. The summed E-state index contributed by atoms with van der Waals surface area (Å²) in [6.45, 7) is 1.90. The third-order valence-electron chi connectivity index (χ3n) is 4.64. The van der Waals surface area contributed by atoms with E-state index in [0.717, 1.165) is 13.0 Å². The predicted octanol–water partition coefficient (Wildman–Crippen LogP) is -1.34. The van der Waals surface area contributed by atoms with Gasteiger partial charge in [0.25, 0.3) is 5.91 Å². The number of carboxylic acids is 1. The fourth-order valence-corrected chi connectivity index (χ4v) is 3.30. The highest BCUT2D eigenvalue weighted by Gasteiger charge is 2.33. The van der Waals surface area contributed by atoms with Crippen LogP contribution in [0.25, 0.3) is 0 Å². The number of piperidine rings is 1. The molecule has 1 fully saturated rings. The van der Waals surface area contributed by atoms with Crippen molar-refractivity contribution in [2.45, 2.75) is 31.8 Å². The van der Waals surface area contributed by atoms with Crippen molar-refractivity contribution in [3.05, 3.63) is 35.4 Å². The molecule has 0 aromatic heterocycles. The summed E-state index contributed by atoms with van der Waals surface area (Å²) in [4.78, 5) is 25.2. The number of carbonyl (C=O) groups is 2. The molecule has 1 aromatic carbocycles. The zero-order valence-corrected chi connectivity index (χ0v) is 12.0. The molecule has 0 aliphatic carbocycles. The second kappa shape index (κ2) is 5.85. The first-order chi connectivity index (χ1) is 10.1. The molecule has 2 N–H and O–H groups in total. The Bertz CT molecular complexity index is 550. The van der Waals surface area contributed by atoms with E-state index in [1.807, 2.05) is 17.0 Å². The van der Waals surface area contributed by atoms with Crippen molar-refractivity contribution in [2.75, 3.05) is 13.1 Å². The number of likely N-dealkylation sites (tertiary alicyclic amines) is 1. The predicted molar refractivity (Wildman–Crippen MR) is 73.9 cm³/mol. The molecule has 0 unspecified atom stereocenters. The van der Waals surface area contributed by atoms with Gasteiger partial charge >= 0.3 is 0 Å². The van der Waals surface area contributed by atoms with E-state index in [-0.39, 0.29) is 11.9 Å². The minimum Gasteiger partial charge on any atom is -0.550 e. The third-order valence-corrected chi connectivity index (χ3v) is 4.64. The molecular formula is C16H20N2O3. The Morgan fingerprint density at radius 1 is 1.14 bits per heavy atom. The number of carbonyl (C=O) groups excluding carboxylic acids is 2. The Hall–Kier alpha value is -1.88. The molecule has 2 aliphatic heterocycles. The monoisotopic (exact) mass is 288 g/mol. The van der Waals surface area contributed by atoms with Gasteiger partial charge in [0.1, 0.15) is 6.54 Å². The Kier molecular flexibility index (Phi) is 3.92. The van der Waals surface area contributed by atoms with E-state index in [9.17, 15) is 14.7 Å². The lowest BCUT2D eigenvalue weighted by Gasteiger charge is -2.34. The van der Waals surface area contributed by atoms with Gasteiger partial charge in [-0.15, -0.1) is 0 Å². The van der Waals surface area contributed by atoms with Gasteiger partial charge in [0.15, 0.2) is 6.04 Å². The Morgan fingerprint density at radius 2 is 1.81 bits per heavy atom. The van der Waals surface area contributed by atoms with Gasteiger partial charge in [-0.2, -0.15) is 0 Å². The van der Waals surface area contributed by atoms with Crippen molar-refractivity contribution in [2.24, 2.45) is 5.92 Å². The lowest BCUT2D eigenvalue weighted by molar-refractivity contribution is -0.695. The highest BCUT2D eigenvalue weighted by atomic mass is 16.4. The summed E-state index contributed by atoms with van der Waals surface area (Å²) in [7, 11) is 0. The number of aliphatic carboxylic acids is 1. The molecule has 0 saturated carbocycles. The van der Waals surface area contributed by atoms with E-state index in [1.54, 1.807) is 0 Å². The van der Waals surface area contributed by atoms with Crippen molar-refractivity contribution >= 4 is 11.9 Å². The number of hydrogen-bond acceptors (Lipinski definition) is 3. The number of hydrogen-bond donors (Lipinski definition) is 1. The average Bonchev–Trinajstić information content (AvgIpc) is 2.54. The summed E-state index contributed by atoms with van der Waals surface area (Å²) in [5.74, 6) is -1.24. The second-order valence-electron chi connectivity index (χ2n) is 5.94. The van der Waals surface area contributed by atoms with Crippen LogP contribution < -0.4 is 10.4 Å². The molecule has 2 heterocycles. The summed E-state index contributed by atoms with van der Waals surface area (Å²) >= 11 is 0. The summed E-state index contributed by atoms with van der Waals surface area (Å²) in [6.07, 6.45) is 1.78. The van der Waals surface area contributed by atoms with Crippen LogP contribution in [0, 0.1) is 5.92 Å². The molecule has 1 atom stereocenters. The van der Waals surface area contributed by atoms with Crippen LogP contribution in [0.3, 0.4) is 0 Å². The van der Waals surface area contributed by atoms with Crippen LogP contribution in [0.4, 0.5) is 0 Å². The lowest BCUT2D eigenvalue weighted by atomic mass is 9.93. The lowest BCUT2D eigenvalue weighted by Crippen LogP contribution is -2.93. The second-order valence-corrected chi connectivity index (χ2v) is 5.94. The maximum absolute atomic E-state index is 12.6. The van der Waals surface area contributed by atoms with Crippen LogP contribution in [0.5, 0.6) is 0 Å². The molecule has 0 bridgehead atoms. The van der Waals surface area contributed by atoms with E-state index in [1.165, 1.54) is 11.1 Å². The molecule has 0 radical (unpaired) electrons. The van der Waals surface area contributed by atoms with E-state index < -0.39 is 11.9 Å². The minimum atomic E-state index is -0.986. The fourth-order valence-electron chi connectivity index (χ4n) is 3.30. The number of carboxylic acid groups (broad SMARTS) is 1. The van der Waals surface area contributed by atoms with Crippen molar-refractivity contribution in [1.82, 2.24) is 4.90 Å². The quantitative estimate of drug-likeness (QED) is 0.732. The Labute approximate surface area is 123 Å². The molecule has 3 rings (SSSR count). The maximum atomic E-state index is 12.6. The molecule has 21 heavy (non-hydrogen) atoms.